The largest absolute Gasteiger partial charge is 0.370 e. The van der Waals surface area contributed by atoms with E-state index in [9.17, 15) is 4.79 Å². The molecule has 0 saturated carbocycles. The molecule has 4 heteroatoms. The maximum atomic E-state index is 11.2. The molecule has 1 aromatic rings. The number of rotatable bonds is 5. The highest BCUT2D eigenvalue weighted by Crippen LogP contribution is 2.07. The first-order chi connectivity index (χ1) is 7.66. The molecule has 0 aromatic heterocycles. The number of amidine groups is 1. The van der Waals surface area contributed by atoms with Crippen LogP contribution in [0.5, 0.6) is 0 Å². The van der Waals surface area contributed by atoms with Crippen LogP contribution in [-0.2, 0) is 0 Å². The summed E-state index contributed by atoms with van der Waals surface area (Å²) in [6.45, 7) is 2.82. The van der Waals surface area contributed by atoms with Gasteiger partial charge in [0.25, 0.3) is 0 Å². The summed E-state index contributed by atoms with van der Waals surface area (Å²) in [5.74, 6) is -0.250. The zero-order chi connectivity index (χ0) is 12.0. The zero-order valence-electron chi connectivity index (χ0n) is 9.42. The summed E-state index contributed by atoms with van der Waals surface area (Å²) in [4.78, 5) is 11.2. The van der Waals surface area contributed by atoms with Crippen molar-refractivity contribution in [2.75, 3.05) is 6.54 Å². The second-order valence-electron chi connectivity index (χ2n) is 3.57. The number of hydrogen-bond acceptors (Lipinski definition) is 2. The molecule has 86 valence electrons. The second kappa shape index (κ2) is 5.90. The van der Waals surface area contributed by atoms with Crippen LogP contribution in [0.4, 0.5) is 0 Å². The van der Waals surface area contributed by atoms with Crippen LogP contribution < -0.4 is 11.1 Å². The van der Waals surface area contributed by atoms with Gasteiger partial charge in [-0.3, -0.25) is 10.2 Å². The van der Waals surface area contributed by atoms with E-state index in [1.54, 1.807) is 24.3 Å². The highest BCUT2D eigenvalue weighted by atomic mass is 16.1. The molecule has 0 spiro atoms. The Morgan fingerprint density at radius 2 is 2.00 bits per heavy atom. The third-order valence-electron chi connectivity index (χ3n) is 2.29. The number of hydrogen-bond donors (Lipinski definition) is 3. The van der Waals surface area contributed by atoms with Gasteiger partial charge in [0.15, 0.2) is 0 Å². The number of carbonyl (C=O) groups excluding carboxylic acids is 1. The molecule has 16 heavy (non-hydrogen) atoms. The van der Waals surface area contributed by atoms with Crippen LogP contribution in [0.25, 0.3) is 0 Å². The van der Waals surface area contributed by atoms with Gasteiger partial charge in [0.05, 0.1) is 0 Å². The molecule has 1 amide bonds. The average molecular weight is 219 g/mol. The van der Waals surface area contributed by atoms with Gasteiger partial charge in [-0.2, -0.15) is 0 Å². The van der Waals surface area contributed by atoms with Gasteiger partial charge in [0.1, 0.15) is 5.84 Å². The zero-order valence-corrected chi connectivity index (χ0v) is 9.42. The normalized spacial score (nSPS) is 9.81. The van der Waals surface area contributed by atoms with Crippen molar-refractivity contribution in [3.63, 3.8) is 0 Å². The summed E-state index contributed by atoms with van der Waals surface area (Å²) in [5.41, 5.74) is 6.19. The third-order valence-corrected chi connectivity index (χ3v) is 2.29. The van der Waals surface area contributed by atoms with Gasteiger partial charge in [-0.1, -0.05) is 31.5 Å². The fourth-order valence-electron chi connectivity index (χ4n) is 1.40. The number of carbonyl (C=O) groups is 1. The average Bonchev–Trinajstić information content (AvgIpc) is 2.29. The van der Waals surface area contributed by atoms with Crippen LogP contribution in [0.2, 0.25) is 0 Å². The maximum absolute atomic E-state index is 11.2. The molecule has 4 N–H and O–H groups in total. The minimum atomic E-state index is -0.502. The molecule has 0 saturated heterocycles. The number of nitrogens with two attached hydrogens (primary N) is 1. The Hall–Kier alpha value is -1.84. The van der Waals surface area contributed by atoms with E-state index < -0.39 is 5.91 Å². The van der Waals surface area contributed by atoms with Gasteiger partial charge >= 0.3 is 0 Å². The Bertz CT molecular complexity index is 388. The van der Waals surface area contributed by atoms with Gasteiger partial charge in [-0.15, -0.1) is 0 Å². The van der Waals surface area contributed by atoms with Crippen LogP contribution in [0.3, 0.4) is 0 Å². The first-order valence-corrected chi connectivity index (χ1v) is 5.38. The molecule has 0 heterocycles. The summed E-state index contributed by atoms with van der Waals surface area (Å²) < 4.78 is 0. The number of benzene rings is 1. The summed E-state index contributed by atoms with van der Waals surface area (Å²) in [7, 11) is 0. The fraction of sp³-hybridized carbons (Fsp3) is 0.333. The van der Waals surface area contributed by atoms with Crippen molar-refractivity contribution in [2.24, 2.45) is 5.73 Å². The van der Waals surface area contributed by atoms with Crippen LogP contribution in [0, 0.1) is 5.41 Å². The van der Waals surface area contributed by atoms with Gasteiger partial charge in [0.2, 0.25) is 5.91 Å². The number of amides is 1. The highest BCUT2D eigenvalue weighted by molar-refractivity contribution is 6.07. The molecule has 0 radical (unpaired) electrons. The Kier molecular flexibility index (Phi) is 4.51. The molecule has 0 aliphatic rings. The SMILES string of the molecule is CCCCNC(=N)c1ccccc1C(N)=O. The monoisotopic (exact) mass is 219 g/mol. The Labute approximate surface area is 95.4 Å². The van der Waals surface area contributed by atoms with Gasteiger partial charge in [-0.05, 0) is 12.5 Å². The number of nitrogens with one attached hydrogen (secondary N) is 2. The number of primary amides is 1. The van der Waals surface area contributed by atoms with E-state index in [4.69, 9.17) is 11.1 Å². The number of unbranched alkanes of at least 4 members (excludes halogenated alkanes) is 1. The van der Waals surface area contributed by atoms with Crippen molar-refractivity contribution in [1.82, 2.24) is 5.32 Å². The Balaban J connectivity index is 2.78. The standard InChI is InChI=1S/C12H17N3O/c1-2-3-8-15-11(13)9-6-4-5-7-10(9)12(14)16/h4-7H,2-3,8H2,1H3,(H2,13,15)(H2,14,16). The van der Waals surface area contributed by atoms with E-state index in [1.807, 2.05) is 0 Å². The van der Waals surface area contributed by atoms with Crippen LogP contribution in [0.15, 0.2) is 24.3 Å². The summed E-state index contributed by atoms with van der Waals surface area (Å²) >= 11 is 0. The van der Waals surface area contributed by atoms with Crippen molar-refractivity contribution in [1.29, 1.82) is 5.41 Å². The van der Waals surface area contributed by atoms with Crippen molar-refractivity contribution in [3.05, 3.63) is 35.4 Å². The Morgan fingerprint density at radius 3 is 2.56 bits per heavy atom. The first-order valence-electron chi connectivity index (χ1n) is 5.38. The lowest BCUT2D eigenvalue weighted by Crippen LogP contribution is -2.27. The minimum absolute atomic E-state index is 0.253. The smallest absolute Gasteiger partial charge is 0.249 e. The second-order valence-corrected chi connectivity index (χ2v) is 3.57. The van der Waals surface area contributed by atoms with Crippen molar-refractivity contribution >= 4 is 11.7 Å². The lowest BCUT2D eigenvalue weighted by atomic mass is 10.1. The van der Waals surface area contributed by atoms with Crippen LogP contribution in [-0.4, -0.2) is 18.3 Å². The molecule has 0 fully saturated rings. The van der Waals surface area contributed by atoms with E-state index in [0.717, 1.165) is 19.4 Å². The molecular formula is C12H17N3O. The highest BCUT2D eigenvalue weighted by Gasteiger charge is 2.10. The lowest BCUT2D eigenvalue weighted by molar-refractivity contribution is 0.1000. The van der Waals surface area contributed by atoms with Gasteiger partial charge in [-0.25, -0.2) is 0 Å². The molecule has 0 aliphatic heterocycles. The van der Waals surface area contributed by atoms with E-state index in [1.165, 1.54) is 0 Å². The van der Waals surface area contributed by atoms with E-state index in [2.05, 4.69) is 12.2 Å². The molecule has 4 nitrogen and oxygen atoms in total. The maximum Gasteiger partial charge on any atom is 0.249 e. The predicted octanol–water partition coefficient (Wildman–Crippen LogP) is 1.50. The molecule has 1 aromatic carbocycles. The summed E-state index contributed by atoms with van der Waals surface area (Å²) in [6.07, 6.45) is 2.07. The molecule has 0 bridgehead atoms. The molecule has 0 atom stereocenters. The van der Waals surface area contributed by atoms with Crippen molar-refractivity contribution in [3.8, 4) is 0 Å². The van der Waals surface area contributed by atoms with Crippen molar-refractivity contribution in [2.45, 2.75) is 19.8 Å². The molecule has 1 rings (SSSR count). The van der Waals surface area contributed by atoms with E-state index >= 15 is 0 Å². The topological polar surface area (TPSA) is 79.0 Å². The third kappa shape index (κ3) is 3.08. The fourth-order valence-corrected chi connectivity index (χ4v) is 1.40. The molecule has 0 unspecified atom stereocenters. The molecular weight excluding hydrogens is 202 g/mol. The Morgan fingerprint density at radius 1 is 1.38 bits per heavy atom. The van der Waals surface area contributed by atoms with Crippen LogP contribution in [0.1, 0.15) is 35.7 Å². The van der Waals surface area contributed by atoms with Gasteiger partial charge in [0, 0.05) is 17.7 Å². The quantitative estimate of drug-likeness (QED) is 0.398. The van der Waals surface area contributed by atoms with Crippen LogP contribution >= 0.6 is 0 Å². The first kappa shape index (κ1) is 12.2. The van der Waals surface area contributed by atoms with E-state index in [0.29, 0.717) is 11.1 Å². The van der Waals surface area contributed by atoms with E-state index in [-0.39, 0.29) is 5.84 Å². The summed E-state index contributed by atoms with van der Waals surface area (Å²) in [5, 5.41) is 10.8. The molecule has 0 aliphatic carbocycles. The summed E-state index contributed by atoms with van der Waals surface area (Å²) in [6, 6.07) is 6.88. The minimum Gasteiger partial charge on any atom is -0.370 e. The van der Waals surface area contributed by atoms with Gasteiger partial charge < -0.3 is 11.1 Å². The lowest BCUT2D eigenvalue weighted by Gasteiger charge is -2.10. The predicted molar refractivity (Wildman–Crippen MR) is 64.7 cm³/mol. The van der Waals surface area contributed by atoms with Crippen molar-refractivity contribution < 1.29 is 4.79 Å².